The van der Waals surface area contributed by atoms with Crippen LogP contribution >= 0.6 is 24.0 Å². The third kappa shape index (κ3) is 6.26. The third-order valence-electron chi connectivity index (χ3n) is 5.05. The van der Waals surface area contributed by atoms with Gasteiger partial charge in [-0.15, -0.1) is 24.0 Å². The number of halogens is 1. The fourth-order valence-corrected chi connectivity index (χ4v) is 3.19. The molecule has 0 aliphatic carbocycles. The molecule has 1 N–H and O–H groups in total. The van der Waals surface area contributed by atoms with Crippen LogP contribution in [-0.4, -0.2) is 100 Å². The molecular formula is C17H32IN5O3. The van der Waals surface area contributed by atoms with Gasteiger partial charge in [0.1, 0.15) is 6.54 Å². The summed E-state index contributed by atoms with van der Waals surface area (Å²) in [5.74, 6) is 0.568. The van der Waals surface area contributed by atoms with E-state index in [1.54, 1.807) is 33.1 Å². The summed E-state index contributed by atoms with van der Waals surface area (Å²) in [5.41, 5.74) is 0.276. The van der Waals surface area contributed by atoms with Crippen molar-refractivity contribution in [1.82, 2.24) is 20.0 Å². The lowest BCUT2D eigenvalue weighted by Gasteiger charge is -2.33. The molecule has 9 heteroatoms. The van der Waals surface area contributed by atoms with Crippen molar-refractivity contribution in [2.75, 3.05) is 67.6 Å². The topological polar surface area (TPSA) is 77.5 Å². The summed E-state index contributed by atoms with van der Waals surface area (Å²) in [6.07, 6.45) is 3.22. The zero-order valence-corrected chi connectivity index (χ0v) is 18.6. The number of rotatable bonds is 4. The monoisotopic (exact) mass is 481 g/mol. The Morgan fingerprint density at radius 3 is 2.27 bits per heavy atom. The van der Waals surface area contributed by atoms with Crippen LogP contribution in [0.1, 0.15) is 19.3 Å². The van der Waals surface area contributed by atoms with E-state index in [1.807, 2.05) is 0 Å². The minimum absolute atomic E-state index is 0. The van der Waals surface area contributed by atoms with E-state index < -0.39 is 0 Å². The molecule has 0 aromatic carbocycles. The van der Waals surface area contributed by atoms with Gasteiger partial charge in [-0.3, -0.25) is 9.59 Å². The average molecular weight is 481 g/mol. The lowest BCUT2D eigenvalue weighted by Crippen LogP contribution is -2.46. The fourth-order valence-electron chi connectivity index (χ4n) is 3.19. The van der Waals surface area contributed by atoms with E-state index in [1.165, 1.54) is 4.90 Å². The quantitative estimate of drug-likeness (QED) is 0.354. The molecule has 0 unspecified atom stereocenters. The number of hydrogen-bond acceptors (Lipinski definition) is 4. The molecule has 0 aromatic rings. The minimum Gasteiger partial charge on any atom is -0.381 e. The smallest absolute Gasteiger partial charge is 0.243 e. The molecule has 0 aromatic heterocycles. The van der Waals surface area contributed by atoms with E-state index in [-0.39, 0.29) is 54.3 Å². The summed E-state index contributed by atoms with van der Waals surface area (Å²) in [6.45, 7) is 3.66. The number of ether oxygens (including phenoxy) is 1. The molecule has 2 saturated heterocycles. The zero-order valence-electron chi connectivity index (χ0n) is 16.3. The molecule has 26 heavy (non-hydrogen) atoms. The lowest BCUT2D eigenvalue weighted by molar-refractivity contribution is -0.127. The number of hydrogen-bond donors (Lipinski definition) is 1. The first kappa shape index (κ1) is 22.9. The molecule has 1 spiro atoms. The second-order valence-corrected chi connectivity index (χ2v) is 7.35. The Labute approximate surface area is 173 Å². The SMILES string of the molecule is CN(C)C(=O)CN=C(NCC(=O)N(C)C)N1CCC2(CCOCC2)C1.I. The molecule has 2 aliphatic heterocycles. The van der Waals surface area contributed by atoms with Gasteiger partial charge in [0.2, 0.25) is 11.8 Å². The van der Waals surface area contributed by atoms with E-state index in [4.69, 9.17) is 4.74 Å². The molecule has 2 heterocycles. The van der Waals surface area contributed by atoms with Crippen molar-refractivity contribution >= 4 is 41.8 Å². The standard InChI is InChI=1S/C17H31N5O3.HI/c1-20(2)14(23)11-18-16(19-12-15(24)21(3)4)22-8-5-17(13-22)6-9-25-10-7-17;/h5-13H2,1-4H3,(H,18,19);1H. The van der Waals surface area contributed by atoms with Crippen molar-refractivity contribution in [3.63, 3.8) is 0 Å². The number of likely N-dealkylation sites (tertiary alicyclic amines) is 1. The van der Waals surface area contributed by atoms with Crippen LogP contribution in [0, 0.1) is 5.41 Å². The average Bonchev–Trinajstić information content (AvgIpc) is 2.97. The van der Waals surface area contributed by atoms with Gasteiger partial charge >= 0.3 is 0 Å². The van der Waals surface area contributed by atoms with E-state index >= 15 is 0 Å². The predicted octanol–water partition coefficient (Wildman–Crippen LogP) is 0.229. The fraction of sp³-hybridized carbons (Fsp3) is 0.824. The number of nitrogens with zero attached hydrogens (tertiary/aromatic N) is 4. The van der Waals surface area contributed by atoms with Gasteiger partial charge in [0, 0.05) is 54.5 Å². The number of likely N-dealkylation sites (N-methyl/N-ethyl adjacent to an activating group) is 2. The van der Waals surface area contributed by atoms with Crippen LogP contribution in [0.4, 0.5) is 0 Å². The largest absolute Gasteiger partial charge is 0.381 e. The molecule has 0 bridgehead atoms. The van der Waals surface area contributed by atoms with E-state index in [0.717, 1.165) is 45.6 Å². The highest BCUT2D eigenvalue weighted by Crippen LogP contribution is 2.39. The Balaban J connectivity index is 0.00000338. The summed E-state index contributed by atoms with van der Waals surface area (Å²) in [6, 6.07) is 0. The first-order valence-corrected chi connectivity index (χ1v) is 8.84. The highest BCUT2D eigenvalue weighted by atomic mass is 127. The molecule has 0 atom stereocenters. The second kappa shape index (κ2) is 10.3. The number of carbonyl (C=O) groups is 2. The van der Waals surface area contributed by atoms with Crippen LogP contribution in [0.25, 0.3) is 0 Å². The van der Waals surface area contributed by atoms with Crippen molar-refractivity contribution < 1.29 is 14.3 Å². The van der Waals surface area contributed by atoms with Gasteiger partial charge in [0.05, 0.1) is 6.54 Å². The normalized spacial score (nSPS) is 19.1. The van der Waals surface area contributed by atoms with Crippen molar-refractivity contribution in [3.05, 3.63) is 0 Å². The third-order valence-corrected chi connectivity index (χ3v) is 5.05. The Bertz CT molecular complexity index is 519. The first-order chi connectivity index (χ1) is 11.8. The van der Waals surface area contributed by atoms with E-state index in [9.17, 15) is 9.59 Å². The summed E-state index contributed by atoms with van der Waals surface area (Å²) >= 11 is 0. The van der Waals surface area contributed by atoms with Crippen LogP contribution in [0.5, 0.6) is 0 Å². The maximum absolute atomic E-state index is 11.9. The summed E-state index contributed by atoms with van der Waals surface area (Å²) in [4.78, 5) is 33.5. The summed E-state index contributed by atoms with van der Waals surface area (Å²) < 4.78 is 5.50. The van der Waals surface area contributed by atoms with Crippen molar-refractivity contribution in [1.29, 1.82) is 0 Å². The first-order valence-electron chi connectivity index (χ1n) is 8.84. The van der Waals surface area contributed by atoms with Crippen molar-refractivity contribution in [2.24, 2.45) is 10.4 Å². The Kier molecular flexibility index (Phi) is 9.08. The molecule has 150 valence electrons. The highest BCUT2D eigenvalue weighted by molar-refractivity contribution is 14.0. The molecular weight excluding hydrogens is 449 g/mol. The minimum atomic E-state index is -0.0572. The Hall–Kier alpha value is -1.10. The van der Waals surface area contributed by atoms with Gasteiger partial charge < -0.3 is 24.8 Å². The molecule has 0 saturated carbocycles. The van der Waals surface area contributed by atoms with Crippen LogP contribution in [0.2, 0.25) is 0 Å². The van der Waals surface area contributed by atoms with Gasteiger partial charge in [0.25, 0.3) is 0 Å². The Morgan fingerprint density at radius 2 is 1.69 bits per heavy atom. The Morgan fingerprint density at radius 1 is 1.08 bits per heavy atom. The summed E-state index contributed by atoms with van der Waals surface area (Å²) in [5, 5.41) is 3.14. The molecule has 0 radical (unpaired) electrons. The molecule has 2 amide bonds. The van der Waals surface area contributed by atoms with Gasteiger partial charge in [-0.1, -0.05) is 0 Å². The van der Waals surface area contributed by atoms with Gasteiger partial charge in [0.15, 0.2) is 5.96 Å². The molecule has 2 aliphatic rings. The number of guanidine groups is 1. The van der Waals surface area contributed by atoms with Crippen LogP contribution in [0.3, 0.4) is 0 Å². The van der Waals surface area contributed by atoms with Gasteiger partial charge in [-0.2, -0.15) is 0 Å². The summed E-state index contributed by atoms with van der Waals surface area (Å²) in [7, 11) is 6.88. The maximum atomic E-state index is 11.9. The van der Waals surface area contributed by atoms with Crippen LogP contribution in [-0.2, 0) is 14.3 Å². The highest BCUT2D eigenvalue weighted by Gasteiger charge is 2.40. The van der Waals surface area contributed by atoms with Gasteiger partial charge in [-0.25, -0.2) is 4.99 Å². The number of amides is 2. The number of aliphatic imine (C=N–C) groups is 1. The zero-order chi connectivity index (χ0) is 18.4. The van der Waals surface area contributed by atoms with Gasteiger partial charge in [-0.05, 0) is 24.7 Å². The second-order valence-electron chi connectivity index (χ2n) is 7.35. The van der Waals surface area contributed by atoms with Crippen molar-refractivity contribution in [3.8, 4) is 0 Å². The van der Waals surface area contributed by atoms with Crippen LogP contribution < -0.4 is 5.32 Å². The number of nitrogens with one attached hydrogen (secondary N) is 1. The van der Waals surface area contributed by atoms with Crippen molar-refractivity contribution in [2.45, 2.75) is 19.3 Å². The van der Waals surface area contributed by atoms with E-state index in [2.05, 4.69) is 15.2 Å². The lowest BCUT2D eigenvalue weighted by atomic mass is 9.80. The molecule has 2 rings (SSSR count). The molecule has 8 nitrogen and oxygen atoms in total. The molecule has 2 fully saturated rings. The number of carbonyl (C=O) groups excluding carboxylic acids is 2. The predicted molar refractivity (Wildman–Crippen MR) is 112 cm³/mol. The van der Waals surface area contributed by atoms with E-state index in [0.29, 0.717) is 5.96 Å². The van der Waals surface area contributed by atoms with Crippen LogP contribution in [0.15, 0.2) is 4.99 Å². The maximum Gasteiger partial charge on any atom is 0.243 e.